The van der Waals surface area contributed by atoms with Gasteiger partial charge in [0.25, 0.3) is 0 Å². The Bertz CT molecular complexity index is 1650. The van der Waals surface area contributed by atoms with Gasteiger partial charge in [-0.25, -0.2) is 0 Å². The first kappa shape index (κ1) is 23.5. The lowest BCUT2D eigenvalue weighted by Crippen LogP contribution is -1.80. The summed E-state index contributed by atoms with van der Waals surface area (Å²) in [7, 11) is 0. The minimum absolute atomic E-state index is 1.20. The normalized spacial score (nSPS) is 11.9. The zero-order valence-electron chi connectivity index (χ0n) is 21.2. The Kier molecular flexibility index (Phi) is 6.78. The van der Waals surface area contributed by atoms with Gasteiger partial charge in [0.1, 0.15) is 0 Å². The van der Waals surface area contributed by atoms with Crippen LogP contribution in [0, 0.1) is 0 Å². The molecule has 0 heteroatoms. The number of benzene rings is 6. The van der Waals surface area contributed by atoms with E-state index in [1.807, 2.05) is 12.1 Å². The van der Waals surface area contributed by atoms with Gasteiger partial charge in [0.15, 0.2) is 0 Å². The Morgan fingerprint density at radius 2 is 0.500 bits per heavy atom. The molecule has 0 atom stereocenters. The van der Waals surface area contributed by atoms with E-state index in [9.17, 15) is 0 Å². The molecule has 0 heterocycles. The molecular formula is C38H28. The molecule has 6 rings (SSSR count). The van der Waals surface area contributed by atoms with Crippen molar-refractivity contribution in [2.24, 2.45) is 0 Å². The zero-order chi connectivity index (χ0) is 25.6. The van der Waals surface area contributed by atoms with E-state index in [-0.39, 0.29) is 0 Å². The summed E-state index contributed by atoms with van der Waals surface area (Å²) in [6, 6.07) is 47.4. The van der Waals surface area contributed by atoms with E-state index in [1.54, 1.807) is 0 Å². The highest BCUT2D eigenvalue weighted by molar-refractivity contribution is 5.91. The predicted molar refractivity (Wildman–Crippen MR) is 168 cm³/mol. The van der Waals surface area contributed by atoms with Gasteiger partial charge in [-0.1, -0.05) is 146 Å². The van der Waals surface area contributed by atoms with E-state index < -0.39 is 0 Å². The summed E-state index contributed by atoms with van der Waals surface area (Å²) >= 11 is 0. The van der Waals surface area contributed by atoms with Crippen molar-refractivity contribution in [3.8, 4) is 0 Å². The third-order valence-electron chi connectivity index (χ3n) is 6.78. The maximum absolute atomic E-state index is 2.25. The maximum Gasteiger partial charge on any atom is -0.0178 e. The summed E-state index contributed by atoms with van der Waals surface area (Å²) < 4.78 is 0. The van der Waals surface area contributed by atoms with Crippen LogP contribution in [0.25, 0.3) is 58.0 Å². The largest absolute Gasteiger partial charge is 0.0622 e. The van der Waals surface area contributed by atoms with Crippen molar-refractivity contribution in [3.05, 3.63) is 167 Å². The minimum Gasteiger partial charge on any atom is -0.0622 e. The van der Waals surface area contributed by atoms with E-state index in [0.29, 0.717) is 0 Å². The third kappa shape index (κ3) is 5.72. The van der Waals surface area contributed by atoms with Crippen LogP contribution in [-0.2, 0) is 0 Å². The number of rotatable bonds is 6. The first-order valence-electron chi connectivity index (χ1n) is 13.0. The quantitative estimate of drug-likeness (QED) is 0.206. The molecule has 38 heavy (non-hydrogen) atoms. The smallest absolute Gasteiger partial charge is 0.0178 e. The van der Waals surface area contributed by atoms with E-state index in [1.165, 1.54) is 54.9 Å². The second-order valence-electron chi connectivity index (χ2n) is 9.55. The number of hydrogen-bond acceptors (Lipinski definition) is 0. The Morgan fingerprint density at radius 3 is 0.789 bits per heavy atom. The van der Waals surface area contributed by atoms with Gasteiger partial charge < -0.3 is 0 Å². The lowest BCUT2D eigenvalue weighted by Gasteiger charge is -2.04. The van der Waals surface area contributed by atoms with Gasteiger partial charge >= 0.3 is 0 Å². The van der Waals surface area contributed by atoms with Crippen LogP contribution in [0.3, 0.4) is 0 Å². The lowest BCUT2D eigenvalue weighted by molar-refractivity contribution is 1.65. The van der Waals surface area contributed by atoms with Crippen molar-refractivity contribution in [2.45, 2.75) is 0 Å². The Balaban J connectivity index is 1.17. The molecule has 0 fully saturated rings. The van der Waals surface area contributed by atoms with Crippen LogP contribution in [-0.4, -0.2) is 0 Å². The fourth-order valence-electron chi connectivity index (χ4n) is 4.69. The fourth-order valence-corrected chi connectivity index (χ4v) is 4.69. The molecule has 0 aliphatic carbocycles. The molecular weight excluding hydrogens is 456 g/mol. The zero-order valence-corrected chi connectivity index (χ0v) is 21.2. The Labute approximate surface area is 224 Å². The van der Waals surface area contributed by atoms with Gasteiger partial charge in [0, 0.05) is 0 Å². The summed E-state index contributed by atoms with van der Waals surface area (Å²) in [5, 5.41) is 5.00. The average molecular weight is 485 g/mol. The summed E-state index contributed by atoms with van der Waals surface area (Å²) in [4.78, 5) is 0. The van der Waals surface area contributed by atoms with Crippen molar-refractivity contribution in [1.29, 1.82) is 0 Å². The van der Waals surface area contributed by atoms with E-state index in [2.05, 4.69) is 158 Å². The highest BCUT2D eigenvalue weighted by Crippen LogP contribution is 2.23. The molecule has 0 aliphatic heterocycles. The molecule has 6 aromatic carbocycles. The molecule has 0 N–H and O–H groups in total. The van der Waals surface area contributed by atoms with Crippen molar-refractivity contribution >= 4 is 58.0 Å². The van der Waals surface area contributed by atoms with E-state index >= 15 is 0 Å². The van der Waals surface area contributed by atoms with Crippen LogP contribution < -0.4 is 0 Å². The van der Waals surface area contributed by atoms with Gasteiger partial charge in [0.05, 0.1) is 0 Å². The van der Waals surface area contributed by atoms with Crippen molar-refractivity contribution in [2.75, 3.05) is 0 Å². The van der Waals surface area contributed by atoms with Crippen LogP contribution in [0.2, 0.25) is 0 Å². The van der Waals surface area contributed by atoms with Crippen molar-refractivity contribution in [1.82, 2.24) is 0 Å². The van der Waals surface area contributed by atoms with Crippen LogP contribution in [0.15, 0.2) is 133 Å². The van der Waals surface area contributed by atoms with E-state index in [0.717, 1.165) is 0 Å². The van der Waals surface area contributed by atoms with Gasteiger partial charge in [-0.05, 0) is 79.2 Å². The van der Waals surface area contributed by atoms with Gasteiger partial charge in [-0.3, -0.25) is 0 Å². The second-order valence-corrected chi connectivity index (χ2v) is 9.55. The molecule has 0 bridgehead atoms. The summed E-state index contributed by atoms with van der Waals surface area (Å²) in [6.07, 6.45) is 13.0. The number of fused-ring (bicyclic) bond motifs is 2. The molecule has 0 nitrogen and oxygen atoms in total. The third-order valence-corrected chi connectivity index (χ3v) is 6.78. The molecule has 0 saturated heterocycles. The standard InChI is InChI=1S/C38H28/c1-3-7-29(8-4-1)11-13-31-17-21-37-27-33(19-23-35(37)25-31)15-16-34-20-24-36-26-32(18-22-38(36)28-34)14-12-30-9-5-2-6-10-30/h1-28H. The Morgan fingerprint density at radius 1 is 0.237 bits per heavy atom. The van der Waals surface area contributed by atoms with Crippen LogP contribution in [0.5, 0.6) is 0 Å². The summed E-state index contributed by atoms with van der Waals surface area (Å²) in [5.74, 6) is 0. The minimum atomic E-state index is 1.20. The van der Waals surface area contributed by atoms with E-state index in [4.69, 9.17) is 0 Å². The fraction of sp³-hybridized carbons (Fsp3) is 0. The first-order valence-corrected chi connectivity index (χ1v) is 13.0. The van der Waals surface area contributed by atoms with Gasteiger partial charge in [-0.15, -0.1) is 0 Å². The molecule has 0 saturated carbocycles. The average Bonchev–Trinajstić information content (AvgIpc) is 2.98. The molecule has 0 radical (unpaired) electrons. The van der Waals surface area contributed by atoms with Crippen LogP contribution in [0.4, 0.5) is 0 Å². The Hall–Kier alpha value is -4.94. The topological polar surface area (TPSA) is 0 Å². The molecule has 6 aromatic rings. The summed E-state index contributed by atoms with van der Waals surface area (Å²) in [6.45, 7) is 0. The molecule has 0 aliphatic rings. The molecule has 180 valence electrons. The predicted octanol–water partition coefficient (Wildman–Crippen LogP) is 10.5. The molecule has 0 spiro atoms. The SMILES string of the molecule is C(=Cc1ccc2cc(C=Cc3ccc4cc(C=Cc5ccccc5)ccc4c3)ccc2c1)c1ccccc1. The maximum atomic E-state index is 2.25. The van der Waals surface area contributed by atoms with Crippen molar-refractivity contribution < 1.29 is 0 Å². The molecule has 0 unspecified atom stereocenters. The van der Waals surface area contributed by atoms with Gasteiger partial charge in [0.2, 0.25) is 0 Å². The highest BCUT2D eigenvalue weighted by atomic mass is 14.0. The van der Waals surface area contributed by atoms with Gasteiger partial charge in [-0.2, -0.15) is 0 Å². The van der Waals surface area contributed by atoms with Crippen molar-refractivity contribution in [3.63, 3.8) is 0 Å². The summed E-state index contributed by atoms with van der Waals surface area (Å²) in [5.41, 5.74) is 7.24. The highest BCUT2D eigenvalue weighted by Gasteiger charge is 1.99. The van der Waals surface area contributed by atoms with Crippen LogP contribution in [0.1, 0.15) is 33.4 Å². The lowest BCUT2D eigenvalue weighted by atomic mass is 10.0. The molecule has 0 amide bonds. The number of hydrogen-bond donors (Lipinski definition) is 0. The second kappa shape index (κ2) is 11.0. The van der Waals surface area contributed by atoms with Crippen LogP contribution >= 0.6 is 0 Å². The first-order chi connectivity index (χ1) is 18.8. The molecule has 0 aromatic heterocycles. The monoisotopic (exact) mass is 484 g/mol.